The topological polar surface area (TPSA) is 43.6 Å². The summed E-state index contributed by atoms with van der Waals surface area (Å²) in [7, 11) is 0. The minimum absolute atomic E-state index is 0.407. The predicted octanol–water partition coefficient (Wildman–Crippen LogP) is 1.56. The molecule has 4 heteroatoms. The van der Waals surface area contributed by atoms with E-state index in [1.165, 1.54) is 12.8 Å². The van der Waals surface area contributed by atoms with Crippen molar-refractivity contribution in [1.29, 1.82) is 0 Å². The van der Waals surface area contributed by atoms with Gasteiger partial charge in [0.05, 0.1) is 19.0 Å². The minimum Gasteiger partial charge on any atom is -0.467 e. The summed E-state index contributed by atoms with van der Waals surface area (Å²) < 4.78 is 16.1. The molecule has 1 aliphatic heterocycles. The van der Waals surface area contributed by atoms with Crippen LogP contribution >= 0.6 is 0 Å². The zero-order valence-corrected chi connectivity index (χ0v) is 9.48. The van der Waals surface area contributed by atoms with Crippen molar-refractivity contribution in [1.82, 2.24) is 5.32 Å². The first-order chi connectivity index (χ1) is 7.95. The van der Waals surface area contributed by atoms with Gasteiger partial charge < -0.3 is 19.2 Å². The SMILES string of the molecule is c1coc(COCCNCC2CCCO2)c1. The van der Waals surface area contributed by atoms with E-state index in [4.69, 9.17) is 13.9 Å². The van der Waals surface area contributed by atoms with Gasteiger partial charge in [0, 0.05) is 19.7 Å². The molecule has 90 valence electrons. The Labute approximate surface area is 95.9 Å². The first kappa shape index (κ1) is 11.6. The van der Waals surface area contributed by atoms with Crippen molar-refractivity contribution >= 4 is 0 Å². The summed E-state index contributed by atoms with van der Waals surface area (Å²) in [5.74, 6) is 0.874. The lowest BCUT2D eigenvalue weighted by Gasteiger charge is -2.10. The van der Waals surface area contributed by atoms with Crippen LogP contribution in [-0.4, -0.2) is 32.4 Å². The normalized spacial score (nSPS) is 20.4. The summed E-state index contributed by atoms with van der Waals surface area (Å²) in [5.41, 5.74) is 0. The second kappa shape index (κ2) is 6.68. The Kier molecular flexibility index (Phi) is 4.86. The Morgan fingerprint density at radius 3 is 3.25 bits per heavy atom. The summed E-state index contributed by atoms with van der Waals surface area (Å²) in [4.78, 5) is 0. The average molecular weight is 225 g/mol. The number of nitrogens with one attached hydrogen (secondary N) is 1. The monoisotopic (exact) mass is 225 g/mol. The van der Waals surface area contributed by atoms with Crippen LogP contribution in [0.1, 0.15) is 18.6 Å². The van der Waals surface area contributed by atoms with Gasteiger partial charge in [0.2, 0.25) is 0 Å². The van der Waals surface area contributed by atoms with Gasteiger partial charge in [-0.05, 0) is 25.0 Å². The van der Waals surface area contributed by atoms with E-state index < -0.39 is 0 Å². The number of ether oxygens (including phenoxy) is 2. The maximum atomic E-state index is 5.50. The quantitative estimate of drug-likeness (QED) is 0.715. The van der Waals surface area contributed by atoms with Crippen LogP contribution in [0.2, 0.25) is 0 Å². The Morgan fingerprint density at radius 2 is 2.50 bits per heavy atom. The molecule has 0 spiro atoms. The highest BCUT2D eigenvalue weighted by Crippen LogP contribution is 2.10. The van der Waals surface area contributed by atoms with Crippen molar-refractivity contribution in [3.05, 3.63) is 24.2 Å². The van der Waals surface area contributed by atoms with Gasteiger partial charge in [0.25, 0.3) is 0 Å². The fourth-order valence-electron chi connectivity index (χ4n) is 1.78. The molecule has 0 radical (unpaired) electrons. The molecule has 1 aliphatic rings. The Balaban J connectivity index is 1.43. The van der Waals surface area contributed by atoms with E-state index in [-0.39, 0.29) is 0 Å². The number of hydrogen-bond donors (Lipinski definition) is 1. The van der Waals surface area contributed by atoms with Crippen LogP contribution in [0.5, 0.6) is 0 Å². The molecule has 1 N–H and O–H groups in total. The van der Waals surface area contributed by atoms with Crippen molar-refractivity contribution in [2.24, 2.45) is 0 Å². The smallest absolute Gasteiger partial charge is 0.129 e. The zero-order chi connectivity index (χ0) is 11.1. The molecule has 0 aromatic carbocycles. The van der Waals surface area contributed by atoms with Gasteiger partial charge >= 0.3 is 0 Å². The molecule has 16 heavy (non-hydrogen) atoms. The summed E-state index contributed by atoms with van der Waals surface area (Å²) in [5, 5.41) is 3.33. The van der Waals surface area contributed by atoms with Crippen molar-refractivity contribution in [2.45, 2.75) is 25.6 Å². The van der Waals surface area contributed by atoms with Gasteiger partial charge in [0.15, 0.2) is 0 Å². The third-order valence-corrected chi connectivity index (χ3v) is 2.64. The van der Waals surface area contributed by atoms with E-state index in [0.717, 1.165) is 25.5 Å². The molecule has 1 aromatic rings. The van der Waals surface area contributed by atoms with Crippen molar-refractivity contribution in [2.75, 3.05) is 26.3 Å². The number of furan rings is 1. The van der Waals surface area contributed by atoms with Gasteiger partial charge in [-0.3, -0.25) is 0 Å². The molecule has 1 unspecified atom stereocenters. The van der Waals surface area contributed by atoms with Crippen LogP contribution in [0, 0.1) is 0 Å². The lowest BCUT2D eigenvalue weighted by Crippen LogP contribution is -2.29. The Bertz CT molecular complexity index is 268. The largest absolute Gasteiger partial charge is 0.467 e. The maximum Gasteiger partial charge on any atom is 0.129 e. The highest BCUT2D eigenvalue weighted by molar-refractivity contribution is 4.95. The van der Waals surface area contributed by atoms with E-state index in [2.05, 4.69) is 5.32 Å². The zero-order valence-electron chi connectivity index (χ0n) is 9.48. The van der Waals surface area contributed by atoms with Crippen LogP contribution < -0.4 is 5.32 Å². The van der Waals surface area contributed by atoms with E-state index >= 15 is 0 Å². The minimum atomic E-state index is 0.407. The fraction of sp³-hybridized carbons (Fsp3) is 0.667. The van der Waals surface area contributed by atoms with Gasteiger partial charge in [0.1, 0.15) is 12.4 Å². The molecule has 1 aromatic heterocycles. The molecule has 4 nitrogen and oxygen atoms in total. The van der Waals surface area contributed by atoms with Gasteiger partial charge in [-0.1, -0.05) is 0 Å². The molecule has 1 fully saturated rings. The second-order valence-corrected chi connectivity index (χ2v) is 3.97. The third kappa shape index (κ3) is 3.96. The lowest BCUT2D eigenvalue weighted by atomic mass is 10.2. The molecule has 0 amide bonds. The third-order valence-electron chi connectivity index (χ3n) is 2.64. The van der Waals surface area contributed by atoms with Gasteiger partial charge in [-0.2, -0.15) is 0 Å². The van der Waals surface area contributed by atoms with E-state index in [9.17, 15) is 0 Å². The van der Waals surface area contributed by atoms with Crippen LogP contribution in [0.15, 0.2) is 22.8 Å². The van der Waals surface area contributed by atoms with Crippen molar-refractivity contribution in [3.8, 4) is 0 Å². The molecule has 0 aliphatic carbocycles. The van der Waals surface area contributed by atoms with Gasteiger partial charge in [-0.25, -0.2) is 0 Å². The molecular weight excluding hydrogens is 206 g/mol. The standard InChI is InChI=1S/C12H19NO3/c1-3-11(15-6-1)9-13-5-8-14-10-12-4-2-7-16-12/h2,4,7,11,13H,1,3,5-6,8-10H2. The molecule has 0 bridgehead atoms. The highest BCUT2D eigenvalue weighted by Gasteiger charge is 2.13. The van der Waals surface area contributed by atoms with Crippen molar-refractivity contribution < 1.29 is 13.9 Å². The van der Waals surface area contributed by atoms with Crippen LogP contribution in [-0.2, 0) is 16.1 Å². The van der Waals surface area contributed by atoms with E-state index in [1.54, 1.807) is 6.26 Å². The average Bonchev–Trinajstić information content (AvgIpc) is 2.96. The fourth-order valence-corrected chi connectivity index (χ4v) is 1.78. The molecule has 0 saturated carbocycles. The predicted molar refractivity (Wildman–Crippen MR) is 60.2 cm³/mol. The second-order valence-electron chi connectivity index (χ2n) is 3.97. The lowest BCUT2D eigenvalue weighted by molar-refractivity contribution is 0.0929. The molecule has 2 rings (SSSR count). The first-order valence-corrected chi connectivity index (χ1v) is 5.87. The Morgan fingerprint density at radius 1 is 1.50 bits per heavy atom. The number of rotatable bonds is 7. The molecule has 2 heterocycles. The van der Waals surface area contributed by atoms with E-state index in [1.807, 2.05) is 12.1 Å². The molecule has 1 saturated heterocycles. The van der Waals surface area contributed by atoms with Crippen molar-refractivity contribution in [3.63, 3.8) is 0 Å². The van der Waals surface area contributed by atoms with E-state index in [0.29, 0.717) is 19.3 Å². The molecule has 1 atom stereocenters. The summed E-state index contributed by atoms with van der Waals surface area (Å²) in [6.45, 7) is 3.97. The summed E-state index contributed by atoms with van der Waals surface area (Å²) >= 11 is 0. The van der Waals surface area contributed by atoms with Gasteiger partial charge in [-0.15, -0.1) is 0 Å². The van der Waals surface area contributed by atoms with Crippen LogP contribution in [0.4, 0.5) is 0 Å². The number of hydrogen-bond acceptors (Lipinski definition) is 4. The van der Waals surface area contributed by atoms with Crippen LogP contribution in [0.25, 0.3) is 0 Å². The first-order valence-electron chi connectivity index (χ1n) is 5.87. The van der Waals surface area contributed by atoms with Crippen LogP contribution in [0.3, 0.4) is 0 Å². The Hall–Kier alpha value is -0.840. The highest BCUT2D eigenvalue weighted by atomic mass is 16.5. The summed E-state index contributed by atoms with van der Waals surface area (Å²) in [6.07, 6.45) is 4.45. The summed E-state index contributed by atoms with van der Waals surface area (Å²) in [6, 6.07) is 3.79. The maximum absolute atomic E-state index is 5.50. The molecular formula is C12H19NO3.